The number of rotatable bonds is 0. The molecule has 0 amide bonds. The summed E-state index contributed by atoms with van der Waals surface area (Å²) in [4.78, 5) is 0. The quantitative estimate of drug-likeness (QED) is 0.283. The first-order valence-electron chi connectivity index (χ1n) is 6.23. The summed E-state index contributed by atoms with van der Waals surface area (Å²) in [6.45, 7) is 0. The van der Waals surface area contributed by atoms with E-state index in [0.717, 1.165) is 0 Å². The van der Waals surface area contributed by atoms with Crippen LogP contribution in [0, 0.1) is 0 Å². The molecule has 5 heteroatoms. The third kappa shape index (κ3) is 2.80. The van der Waals surface area contributed by atoms with E-state index in [-0.39, 0.29) is 0 Å². The Balaban J connectivity index is 0.000000233. The summed E-state index contributed by atoms with van der Waals surface area (Å²) in [6.07, 6.45) is 0. The molecule has 0 atom stereocenters. The van der Waals surface area contributed by atoms with Gasteiger partial charge in [0.25, 0.3) is 0 Å². The standard InChI is InChI=1S/C16H10.H2O4S/c1-3-11-7-9-13-5-2-6-14-10-8-12(4-1)15(11)16(13)14;1-5(2,3)4/h1-10H;(H2,1,2,3,4)/p-2. The van der Waals surface area contributed by atoms with Crippen molar-refractivity contribution in [2.45, 2.75) is 0 Å². The summed E-state index contributed by atoms with van der Waals surface area (Å²) >= 11 is 0. The molecule has 0 aromatic heterocycles. The highest BCUT2D eigenvalue weighted by atomic mass is 32.3. The van der Waals surface area contributed by atoms with Crippen LogP contribution in [0.4, 0.5) is 0 Å². The minimum absolute atomic E-state index is 1.34. The molecule has 0 saturated heterocycles. The SMILES string of the molecule is O=S(=O)([O-])[O-].c1cc2ccc3cccc4ccc(c1)c2c34. The Morgan fingerprint density at radius 3 is 1.05 bits per heavy atom. The van der Waals surface area contributed by atoms with Gasteiger partial charge < -0.3 is 9.11 Å². The van der Waals surface area contributed by atoms with E-state index in [1.54, 1.807) is 0 Å². The van der Waals surface area contributed by atoms with Gasteiger partial charge in [0.15, 0.2) is 0 Å². The van der Waals surface area contributed by atoms with E-state index < -0.39 is 10.4 Å². The van der Waals surface area contributed by atoms with Crippen LogP contribution in [-0.4, -0.2) is 17.5 Å². The third-order valence-corrected chi connectivity index (χ3v) is 3.39. The van der Waals surface area contributed by atoms with E-state index in [0.29, 0.717) is 0 Å². The van der Waals surface area contributed by atoms with Gasteiger partial charge >= 0.3 is 0 Å². The summed E-state index contributed by atoms with van der Waals surface area (Å²) in [6, 6.07) is 21.9. The highest BCUT2D eigenvalue weighted by Gasteiger charge is 2.05. The van der Waals surface area contributed by atoms with Gasteiger partial charge in [-0.2, -0.15) is 0 Å². The van der Waals surface area contributed by atoms with Crippen molar-refractivity contribution in [1.29, 1.82) is 0 Å². The summed E-state index contributed by atoms with van der Waals surface area (Å²) in [5.41, 5.74) is 0. The molecule has 0 radical (unpaired) electrons. The van der Waals surface area contributed by atoms with Gasteiger partial charge in [-0.25, -0.2) is 0 Å². The lowest BCUT2D eigenvalue weighted by Gasteiger charge is -2.09. The Bertz CT molecular complexity index is 884. The molecule has 4 nitrogen and oxygen atoms in total. The van der Waals surface area contributed by atoms with E-state index in [2.05, 4.69) is 60.7 Å². The molecule has 4 aromatic rings. The average molecular weight is 298 g/mol. The molecular formula is C16H10O4S-2. The summed E-state index contributed by atoms with van der Waals surface area (Å²) < 4.78 is 34.1. The van der Waals surface area contributed by atoms with Crippen LogP contribution in [-0.2, 0) is 10.4 Å². The van der Waals surface area contributed by atoms with Crippen molar-refractivity contribution in [3.8, 4) is 0 Å². The first-order valence-corrected chi connectivity index (χ1v) is 7.56. The van der Waals surface area contributed by atoms with E-state index in [1.807, 2.05) is 0 Å². The largest absolute Gasteiger partial charge is 0.759 e. The van der Waals surface area contributed by atoms with Crippen LogP contribution in [0.3, 0.4) is 0 Å². The van der Waals surface area contributed by atoms with Crippen molar-refractivity contribution in [2.75, 3.05) is 0 Å². The van der Waals surface area contributed by atoms with Crippen molar-refractivity contribution in [3.63, 3.8) is 0 Å². The minimum Gasteiger partial charge on any atom is -0.759 e. The monoisotopic (exact) mass is 298 g/mol. The second-order valence-corrected chi connectivity index (χ2v) is 5.51. The fourth-order valence-electron chi connectivity index (χ4n) is 2.67. The fourth-order valence-corrected chi connectivity index (χ4v) is 2.67. The first-order chi connectivity index (χ1) is 9.93. The molecule has 0 spiro atoms. The first kappa shape index (κ1) is 13.8. The van der Waals surface area contributed by atoms with Crippen molar-refractivity contribution in [3.05, 3.63) is 60.7 Å². The predicted molar refractivity (Wildman–Crippen MR) is 80.6 cm³/mol. The topological polar surface area (TPSA) is 80.3 Å². The predicted octanol–water partition coefficient (Wildman–Crippen LogP) is 3.25. The van der Waals surface area contributed by atoms with Gasteiger partial charge in [-0.05, 0) is 32.3 Å². The smallest absolute Gasteiger partial charge is 0.0311 e. The van der Waals surface area contributed by atoms with Crippen LogP contribution >= 0.6 is 0 Å². The summed E-state index contributed by atoms with van der Waals surface area (Å²) in [5.74, 6) is 0. The molecule has 0 fully saturated rings. The van der Waals surface area contributed by atoms with Gasteiger partial charge in [-0.1, -0.05) is 60.7 Å². The van der Waals surface area contributed by atoms with Crippen LogP contribution in [0.5, 0.6) is 0 Å². The van der Waals surface area contributed by atoms with Crippen LogP contribution in [0.25, 0.3) is 32.3 Å². The Morgan fingerprint density at radius 1 is 0.571 bits per heavy atom. The lowest BCUT2D eigenvalue weighted by molar-refractivity contribution is 0.352. The molecule has 21 heavy (non-hydrogen) atoms. The van der Waals surface area contributed by atoms with Gasteiger partial charge in [-0.15, -0.1) is 0 Å². The van der Waals surface area contributed by atoms with E-state index in [4.69, 9.17) is 17.5 Å². The Morgan fingerprint density at radius 2 is 0.810 bits per heavy atom. The molecule has 0 saturated carbocycles. The molecular weight excluding hydrogens is 288 g/mol. The van der Waals surface area contributed by atoms with Crippen LogP contribution in [0.2, 0.25) is 0 Å². The molecule has 4 aromatic carbocycles. The zero-order chi connectivity index (χ0) is 15.0. The molecule has 4 rings (SSSR count). The van der Waals surface area contributed by atoms with E-state index >= 15 is 0 Å². The molecule has 106 valence electrons. The second kappa shape index (κ2) is 4.96. The average Bonchev–Trinajstić information content (AvgIpc) is 2.43. The highest BCUT2D eigenvalue weighted by Crippen LogP contribution is 2.33. The maximum absolute atomic E-state index is 8.52. The molecule has 0 N–H and O–H groups in total. The fraction of sp³-hybridized carbons (Fsp3) is 0. The summed E-state index contributed by atoms with van der Waals surface area (Å²) in [7, 11) is -5.17. The lowest BCUT2D eigenvalue weighted by atomic mass is 9.95. The number of hydrogen-bond donors (Lipinski definition) is 0. The van der Waals surface area contributed by atoms with E-state index in [9.17, 15) is 0 Å². The van der Waals surface area contributed by atoms with Crippen molar-refractivity contribution in [2.24, 2.45) is 0 Å². The summed E-state index contributed by atoms with van der Waals surface area (Å²) in [5, 5.41) is 8.14. The molecule has 0 aliphatic rings. The zero-order valence-electron chi connectivity index (χ0n) is 10.8. The minimum atomic E-state index is -5.17. The third-order valence-electron chi connectivity index (χ3n) is 3.39. The Labute approximate surface area is 121 Å². The number of benzene rings is 4. The van der Waals surface area contributed by atoms with Gasteiger partial charge in [0, 0.05) is 10.4 Å². The molecule has 0 heterocycles. The molecule has 0 bridgehead atoms. The Kier molecular flexibility index (Phi) is 3.25. The maximum atomic E-state index is 8.52. The highest BCUT2D eigenvalue weighted by molar-refractivity contribution is 7.79. The lowest BCUT2D eigenvalue weighted by Crippen LogP contribution is -1.91. The van der Waals surface area contributed by atoms with Crippen molar-refractivity contribution in [1.82, 2.24) is 0 Å². The van der Waals surface area contributed by atoms with Crippen LogP contribution in [0.1, 0.15) is 0 Å². The van der Waals surface area contributed by atoms with Gasteiger partial charge in [0.2, 0.25) is 0 Å². The van der Waals surface area contributed by atoms with Crippen molar-refractivity contribution >= 4 is 42.7 Å². The maximum Gasteiger partial charge on any atom is 0.0311 e. The van der Waals surface area contributed by atoms with Gasteiger partial charge in [0.05, 0.1) is 0 Å². The van der Waals surface area contributed by atoms with E-state index in [1.165, 1.54) is 32.3 Å². The molecule has 0 aliphatic heterocycles. The van der Waals surface area contributed by atoms with Crippen molar-refractivity contribution < 1.29 is 17.5 Å². The van der Waals surface area contributed by atoms with Crippen LogP contribution in [0.15, 0.2) is 60.7 Å². The number of hydrogen-bond acceptors (Lipinski definition) is 4. The zero-order valence-corrected chi connectivity index (χ0v) is 11.6. The van der Waals surface area contributed by atoms with Gasteiger partial charge in [0.1, 0.15) is 0 Å². The normalized spacial score (nSPS) is 11.7. The molecule has 0 aliphatic carbocycles. The second-order valence-electron chi connectivity index (χ2n) is 4.70. The van der Waals surface area contributed by atoms with Gasteiger partial charge in [-0.3, -0.25) is 8.42 Å². The Hall–Kier alpha value is -2.21. The van der Waals surface area contributed by atoms with Crippen LogP contribution < -0.4 is 0 Å². The molecule has 0 unspecified atom stereocenters.